The number of hydrogen-bond donors (Lipinski definition) is 1. The van der Waals surface area contributed by atoms with Crippen molar-refractivity contribution in [1.29, 1.82) is 0 Å². The third-order valence-electron chi connectivity index (χ3n) is 4.46. The normalized spacial score (nSPS) is 16.5. The number of fused-ring (bicyclic) bond motifs is 1. The summed E-state index contributed by atoms with van der Waals surface area (Å²) in [6.45, 7) is 5.25. The molecule has 134 valence electrons. The molecule has 2 amide bonds. The molecule has 0 unspecified atom stereocenters. The molecule has 3 rings (SSSR count). The van der Waals surface area contributed by atoms with Gasteiger partial charge in [-0.05, 0) is 42.8 Å². The van der Waals surface area contributed by atoms with Crippen LogP contribution in [-0.4, -0.2) is 41.5 Å². The average Bonchev–Trinajstić information content (AvgIpc) is 3.06. The maximum atomic E-state index is 12.7. The molecule has 6 nitrogen and oxygen atoms in total. The van der Waals surface area contributed by atoms with Gasteiger partial charge in [-0.1, -0.05) is 6.92 Å². The van der Waals surface area contributed by atoms with Gasteiger partial charge < -0.3 is 15.1 Å². The van der Waals surface area contributed by atoms with E-state index in [0.717, 1.165) is 30.8 Å². The van der Waals surface area contributed by atoms with Crippen molar-refractivity contribution >= 4 is 23.3 Å². The Bertz CT molecular complexity index is 758. The van der Waals surface area contributed by atoms with E-state index in [1.807, 2.05) is 36.9 Å². The molecule has 1 aliphatic rings. The van der Waals surface area contributed by atoms with E-state index < -0.39 is 0 Å². The largest absolute Gasteiger partial charge is 0.347 e. The number of thiophene rings is 1. The Kier molecular flexibility index (Phi) is 5.22. The van der Waals surface area contributed by atoms with E-state index >= 15 is 0 Å². The van der Waals surface area contributed by atoms with Crippen LogP contribution >= 0.6 is 11.3 Å². The van der Waals surface area contributed by atoms with Gasteiger partial charge in [0.1, 0.15) is 0 Å². The molecule has 0 saturated heterocycles. The molecule has 1 aliphatic heterocycles. The zero-order valence-corrected chi connectivity index (χ0v) is 16.1. The van der Waals surface area contributed by atoms with Crippen LogP contribution in [0.15, 0.2) is 17.5 Å². The first-order valence-electron chi connectivity index (χ1n) is 8.62. The number of nitrogens with zero attached hydrogens (tertiary/aromatic N) is 4. The number of aromatic nitrogens is 2. The fraction of sp³-hybridized carbons (Fsp3) is 0.500. The predicted molar refractivity (Wildman–Crippen MR) is 101 cm³/mol. The third-order valence-corrected chi connectivity index (χ3v) is 5.46. The van der Waals surface area contributed by atoms with Crippen molar-refractivity contribution in [3.05, 3.63) is 39.3 Å². The number of anilines is 1. The minimum atomic E-state index is -0.0219. The van der Waals surface area contributed by atoms with E-state index in [9.17, 15) is 4.79 Å². The van der Waals surface area contributed by atoms with Gasteiger partial charge in [-0.2, -0.15) is 0 Å². The summed E-state index contributed by atoms with van der Waals surface area (Å²) >= 11 is 1.79. The van der Waals surface area contributed by atoms with Crippen LogP contribution in [0, 0.1) is 6.92 Å². The summed E-state index contributed by atoms with van der Waals surface area (Å²) in [5.41, 5.74) is 3.03. The highest BCUT2D eigenvalue weighted by atomic mass is 32.1. The first kappa shape index (κ1) is 17.7. The van der Waals surface area contributed by atoms with E-state index in [2.05, 4.69) is 33.7 Å². The first-order valence-corrected chi connectivity index (χ1v) is 9.50. The summed E-state index contributed by atoms with van der Waals surface area (Å²) in [4.78, 5) is 26.9. The van der Waals surface area contributed by atoms with Crippen molar-refractivity contribution < 1.29 is 4.79 Å². The number of urea groups is 1. The lowest BCUT2D eigenvalue weighted by Crippen LogP contribution is -2.45. The zero-order chi connectivity index (χ0) is 18.0. The molecule has 0 radical (unpaired) electrons. The Balaban J connectivity index is 1.69. The minimum absolute atomic E-state index is 0.0219. The van der Waals surface area contributed by atoms with Crippen molar-refractivity contribution in [2.24, 2.45) is 0 Å². The Morgan fingerprint density at radius 2 is 2.24 bits per heavy atom. The van der Waals surface area contributed by atoms with E-state index in [1.54, 1.807) is 11.3 Å². The molecule has 0 aromatic carbocycles. The summed E-state index contributed by atoms with van der Waals surface area (Å²) in [6, 6.07) is 4.22. The Morgan fingerprint density at radius 3 is 2.96 bits per heavy atom. The van der Waals surface area contributed by atoms with Gasteiger partial charge in [0.05, 0.1) is 18.3 Å². The van der Waals surface area contributed by atoms with E-state index in [-0.39, 0.29) is 12.1 Å². The standard InChI is InChI=1S/C18H25N5OS/c1-5-15-14-7-9-25-16(14)6-8-23(15)18(24)19-11-13-10-12(2)20-17(21-13)22(3)4/h7,9-10,15H,5-6,8,11H2,1-4H3,(H,19,24)/t15-/m0/s1. The molecule has 3 heterocycles. The molecule has 0 saturated carbocycles. The lowest BCUT2D eigenvalue weighted by atomic mass is 9.98. The van der Waals surface area contributed by atoms with Gasteiger partial charge in [0.25, 0.3) is 0 Å². The van der Waals surface area contributed by atoms with E-state index in [4.69, 9.17) is 0 Å². The molecule has 1 N–H and O–H groups in total. The quantitative estimate of drug-likeness (QED) is 0.911. The van der Waals surface area contributed by atoms with Crippen LogP contribution < -0.4 is 10.2 Å². The second kappa shape index (κ2) is 7.39. The van der Waals surface area contributed by atoms with Gasteiger partial charge >= 0.3 is 6.03 Å². The minimum Gasteiger partial charge on any atom is -0.347 e. The van der Waals surface area contributed by atoms with Crippen molar-refractivity contribution in [2.75, 3.05) is 25.5 Å². The second-order valence-electron chi connectivity index (χ2n) is 6.52. The average molecular weight is 359 g/mol. The zero-order valence-electron chi connectivity index (χ0n) is 15.2. The molecular formula is C18H25N5OS. The van der Waals surface area contributed by atoms with Crippen molar-refractivity contribution in [1.82, 2.24) is 20.2 Å². The SMILES string of the molecule is CC[C@H]1c2ccsc2CCN1C(=O)NCc1cc(C)nc(N(C)C)n1. The van der Waals surface area contributed by atoms with E-state index in [1.165, 1.54) is 10.4 Å². The van der Waals surface area contributed by atoms with Crippen LogP contribution in [0.25, 0.3) is 0 Å². The molecule has 2 aromatic heterocycles. The number of carbonyl (C=O) groups excluding carboxylic acids is 1. The Hall–Kier alpha value is -2.15. The molecule has 7 heteroatoms. The smallest absolute Gasteiger partial charge is 0.318 e. The van der Waals surface area contributed by atoms with E-state index in [0.29, 0.717) is 12.5 Å². The van der Waals surface area contributed by atoms with Crippen LogP contribution in [0.1, 0.15) is 41.2 Å². The highest BCUT2D eigenvalue weighted by Crippen LogP contribution is 2.35. The first-order chi connectivity index (χ1) is 12.0. The summed E-state index contributed by atoms with van der Waals surface area (Å²) in [6.07, 6.45) is 1.86. The van der Waals surface area contributed by atoms with Crippen LogP contribution in [0.2, 0.25) is 0 Å². The van der Waals surface area contributed by atoms with Crippen LogP contribution in [0.5, 0.6) is 0 Å². The number of amides is 2. The van der Waals surface area contributed by atoms with Crippen LogP contribution in [0.3, 0.4) is 0 Å². The molecule has 2 aromatic rings. The van der Waals surface area contributed by atoms with Crippen molar-refractivity contribution in [2.45, 2.75) is 39.3 Å². The molecule has 0 aliphatic carbocycles. The van der Waals surface area contributed by atoms with Gasteiger partial charge in [-0.3, -0.25) is 0 Å². The maximum Gasteiger partial charge on any atom is 0.318 e. The monoisotopic (exact) mass is 359 g/mol. The van der Waals surface area contributed by atoms with Gasteiger partial charge in [0, 0.05) is 31.2 Å². The highest BCUT2D eigenvalue weighted by molar-refractivity contribution is 7.10. The molecule has 1 atom stereocenters. The predicted octanol–water partition coefficient (Wildman–Crippen LogP) is 3.13. The summed E-state index contributed by atoms with van der Waals surface area (Å²) in [5.74, 6) is 0.663. The summed E-state index contributed by atoms with van der Waals surface area (Å²) in [7, 11) is 3.82. The topological polar surface area (TPSA) is 61.4 Å². The summed E-state index contributed by atoms with van der Waals surface area (Å²) in [5, 5.41) is 5.16. The number of nitrogens with one attached hydrogen (secondary N) is 1. The number of hydrogen-bond acceptors (Lipinski definition) is 5. The Morgan fingerprint density at radius 1 is 1.44 bits per heavy atom. The van der Waals surface area contributed by atoms with Gasteiger partial charge in [-0.25, -0.2) is 14.8 Å². The second-order valence-corrected chi connectivity index (χ2v) is 7.52. The van der Waals surface area contributed by atoms with Gasteiger partial charge in [0.15, 0.2) is 0 Å². The summed E-state index contributed by atoms with van der Waals surface area (Å²) < 4.78 is 0. The molecule has 0 bridgehead atoms. The lowest BCUT2D eigenvalue weighted by Gasteiger charge is -2.35. The number of aryl methyl sites for hydroxylation is 1. The van der Waals surface area contributed by atoms with Crippen LogP contribution in [-0.2, 0) is 13.0 Å². The maximum absolute atomic E-state index is 12.7. The Labute approximate surface area is 152 Å². The van der Waals surface area contributed by atoms with Crippen molar-refractivity contribution in [3.63, 3.8) is 0 Å². The van der Waals surface area contributed by atoms with Crippen LogP contribution in [0.4, 0.5) is 10.7 Å². The molecule has 0 spiro atoms. The van der Waals surface area contributed by atoms with Gasteiger partial charge in [-0.15, -0.1) is 11.3 Å². The van der Waals surface area contributed by atoms with Crippen molar-refractivity contribution in [3.8, 4) is 0 Å². The third kappa shape index (κ3) is 3.76. The molecular weight excluding hydrogens is 334 g/mol. The van der Waals surface area contributed by atoms with Gasteiger partial charge in [0.2, 0.25) is 5.95 Å². The fourth-order valence-electron chi connectivity index (χ4n) is 3.25. The number of rotatable bonds is 4. The molecule has 0 fully saturated rings. The highest BCUT2D eigenvalue weighted by Gasteiger charge is 2.30. The number of carbonyl (C=O) groups is 1. The lowest BCUT2D eigenvalue weighted by molar-refractivity contribution is 0.167. The molecule has 25 heavy (non-hydrogen) atoms. The fourth-order valence-corrected chi connectivity index (χ4v) is 4.18.